The van der Waals surface area contributed by atoms with Gasteiger partial charge in [0.2, 0.25) is 5.95 Å². The molecule has 6 rings (SSSR count). The van der Waals surface area contributed by atoms with E-state index in [1.165, 1.54) is 0 Å². The number of nitrogens with one attached hydrogen (secondary N) is 1. The van der Waals surface area contributed by atoms with E-state index in [1.807, 2.05) is 58.2 Å². The van der Waals surface area contributed by atoms with Gasteiger partial charge in [-0.25, -0.2) is 19.9 Å². The third-order valence-corrected chi connectivity index (χ3v) is 7.29. The molecule has 5 heterocycles. The zero-order chi connectivity index (χ0) is 25.6. The Morgan fingerprint density at radius 3 is 2.59 bits per heavy atom. The zero-order valence-electron chi connectivity index (χ0n) is 21.8. The molecule has 2 aliphatic rings. The average Bonchev–Trinajstić information content (AvgIpc) is 3.21. The molecule has 0 atom stereocenters. The number of nitrogens with zero attached hydrogens (tertiary/aromatic N) is 5. The number of anilines is 3. The predicted octanol–water partition coefficient (Wildman–Crippen LogP) is 5.36. The zero-order valence-corrected chi connectivity index (χ0v) is 21.8. The Morgan fingerprint density at radius 1 is 1.05 bits per heavy atom. The lowest BCUT2D eigenvalue weighted by molar-refractivity contribution is -0.000372. The Balaban J connectivity index is 1.31. The van der Waals surface area contributed by atoms with Crippen LogP contribution in [0.3, 0.4) is 0 Å². The van der Waals surface area contributed by atoms with Gasteiger partial charge < -0.3 is 24.1 Å². The number of ether oxygens (including phenoxy) is 2. The number of pyridine rings is 1. The van der Waals surface area contributed by atoms with Crippen LogP contribution in [0.4, 0.5) is 17.5 Å². The second-order valence-corrected chi connectivity index (χ2v) is 10.1. The molecule has 1 aromatic carbocycles. The van der Waals surface area contributed by atoms with Crippen LogP contribution >= 0.6 is 0 Å². The Labute approximate surface area is 216 Å². The SMILES string of the molecule is CCOc1cc(-c2nc(C)oc2C)ccc1Nc1ncc2cc(C)nc(N3CC4(CCOCC4)C3)c2n1. The summed E-state index contributed by atoms with van der Waals surface area (Å²) in [6, 6.07) is 7.98. The van der Waals surface area contributed by atoms with E-state index in [9.17, 15) is 0 Å². The van der Waals surface area contributed by atoms with Gasteiger partial charge in [-0.15, -0.1) is 0 Å². The molecule has 4 aromatic rings. The van der Waals surface area contributed by atoms with Gasteiger partial charge in [0, 0.05) is 61.5 Å². The molecule has 9 nitrogen and oxygen atoms in total. The van der Waals surface area contributed by atoms with Crippen molar-refractivity contribution in [2.24, 2.45) is 5.41 Å². The molecule has 37 heavy (non-hydrogen) atoms. The molecule has 0 unspecified atom stereocenters. The summed E-state index contributed by atoms with van der Waals surface area (Å²) < 4.78 is 17.2. The van der Waals surface area contributed by atoms with Crippen molar-refractivity contribution in [3.8, 4) is 17.0 Å². The van der Waals surface area contributed by atoms with Crippen LogP contribution in [0.2, 0.25) is 0 Å². The average molecular weight is 501 g/mol. The van der Waals surface area contributed by atoms with E-state index in [-0.39, 0.29) is 0 Å². The monoisotopic (exact) mass is 500 g/mol. The number of benzene rings is 1. The number of aromatic nitrogens is 4. The van der Waals surface area contributed by atoms with Gasteiger partial charge in [0.1, 0.15) is 22.7 Å². The fourth-order valence-electron chi connectivity index (χ4n) is 5.43. The van der Waals surface area contributed by atoms with Crippen LogP contribution in [0.5, 0.6) is 5.75 Å². The second-order valence-electron chi connectivity index (χ2n) is 10.1. The predicted molar refractivity (Wildman–Crippen MR) is 143 cm³/mol. The van der Waals surface area contributed by atoms with Crippen molar-refractivity contribution in [2.75, 3.05) is 43.1 Å². The van der Waals surface area contributed by atoms with Gasteiger partial charge in [0.25, 0.3) is 0 Å². The van der Waals surface area contributed by atoms with Crippen LogP contribution in [0, 0.1) is 26.2 Å². The maximum absolute atomic E-state index is 5.97. The molecule has 0 aliphatic carbocycles. The number of rotatable bonds is 6. The first-order valence-corrected chi connectivity index (χ1v) is 12.9. The summed E-state index contributed by atoms with van der Waals surface area (Å²) in [4.78, 5) is 21.3. The van der Waals surface area contributed by atoms with Gasteiger partial charge in [-0.1, -0.05) is 6.07 Å². The first-order valence-electron chi connectivity index (χ1n) is 12.9. The second kappa shape index (κ2) is 9.30. The molecule has 0 amide bonds. The van der Waals surface area contributed by atoms with E-state index < -0.39 is 0 Å². The van der Waals surface area contributed by atoms with Crippen molar-refractivity contribution in [1.82, 2.24) is 19.9 Å². The third-order valence-electron chi connectivity index (χ3n) is 7.29. The molecule has 2 aliphatic heterocycles. The molecule has 3 aromatic heterocycles. The minimum atomic E-state index is 0.346. The van der Waals surface area contributed by atoms with Crippen LogP contribution in [0.25, 0.3) is 22.2 Å². The van der Waals surface area contributed by atoms with Crippen LogP contribution in [0.15, 0.2) is 34.9 Å². The number of aryl methyl sites for hydroxylation is 3. The Kier molecular flexibility index (Phi) is 5.95. The van der Waals surface area contributed by atoms with Gasteiger partial charge in [-0.3, -0.25) is 0 Å². The lowest BCUT2D eigenvalue weighted by Gasteiger charge is -2.52. The smallest absolute Gasteiger partial charge is 0.227 e. The van der Waals surface area contributed by atoms with E-state index in [2.05, 4.69) is 20.2 Å². The third kappa shape index (κ3) is 4.48. The quantitative estimate of drug-likeness (QED) is 0.375. The summed E-state index contributed by atoms with van der Waals surface area (Å²) in [7, 11) is 0. The van der Waals surface area contributed by atoms with Gasteiger partial charge in [0.05, 0.1) is 12.3 Å². The van der Waals surface area contributed by atoms with Crippen molar-refractivity contribution in [2.45, 2.75) is 40.5 Å². The van der Waals surface area contributed by atoms with Gasteiger partial charge in [-0.05, 0) is 51.8 Å². The number of oxazole rings is 1. The maximum Gasteiger partial charge on any atom is 0.227 e. The van der Waals surface area contributed by atoms with E-state index in [0.717, 1.165) is 84.3 Å². The first-order chi connectivity index (χ1) is 17.9. The van der Waals surface area contributed by atoms with E-state index in [0.29, 0.717) is 29.6 Å². The Bertz CT molecular complexity index is 1450. The lowest BCUT2D eigenvalue weighted by Crippen LogP contribution is -2.59. The molecule has 0 saturated carbocycles. The Morgan fingerprint density at radius 2 is 1.86 bits per heavy atom. The van der Waals surface area contributed by atoms with E-state index in [1.54, 1.807) is 0 Å². The summed E-state index contributed by atoms with van der Waals surface area (Å²) in [6.45, 7) is 12.0. The highest BCUT2D eigenvalue weighted by Gasteiger charge is 2.45. The summed E-state index contributed by atoms with van der Waals surface area (Å²) in [5, 5.41) is 4.35. The van der Waals surface area contributed by atoms with Gasteiger partial charge >= 0.3 is 0 Å². The normalized spacial score (nSPS) is 16.7. The fraction of sp³-hybridized carbons (Fsp3) is 0.429. The van der Waals surface area contributed by atoms with Gasteiger partial charge in [0.15, 0.2) is 11.7 Å². The molecule has 2 fully saturated rings. The van der Waals surface area contributed by atoms with Crippen molar-refractivity contribution in [3.05, 3.63) is 47.8 Å². The van der Waals surface area contributed by atoms with E-state index >= 15 is 0 Å². The minimum absolute atomic E-state index is 0.346. The largest absolute Gasteiger partial charge is 0.492 e. The molecule has 2 saturated heterocycles. The maximum atomic E-state index is 5.97. The van der Waals surface area contributed by atoms with Crippen molar-refractivity contribution in [1.29, 1.82) is 0 Å². The van der Waals surface area contributed by atoms with Crippen molar-refractivity contribution < 1.29 is 13.9 Å². The van der Waals surface area contributed by atoms with Crippen LogP contribution in [-0.2, 0) is 4.74 Å². The van der Waals surface area contributed by atoms with Crippen LogP contribution < -0.4 is 15.0 Å². The highest BCUT2D eigenvalue weighted by Crippen LogP contribution is 2.43. The molecule has 0 bridgehead atoms. The number of fused-ring (bicyclic) bond motifs is 1. The fourth-order valence-corrected chi connectivity index (χ4v) is 5.43. The molecule has 192 valence electrons. The molecule has 1 spiro atoms. The van der Waals surface area contributed by atoms with Crippen LogP contribution in [0.1, 0.15) is 37.1 Å². The highest BCUT2D eigenvalue weighted by molar-refractivity contribution is 5.90. The molecule has 9 heteroatoms. The van der Waals surface area contributed by atoms with Crippen molar-refractivity contribution >= 4 is 28.4 Å². The number of hydrogen-bond acceptors (Lipinski definition) is 9. The van der Waals surface area contributed by atoms with Crippen LogP contribution in [-0.4, -0.2) is 52.8 Å². The van der Waals surface area contributed by atoms with E-state index in [4.69, 9.17) is 23.9 Å². The molecule has 0 radical (unpaired) electrons. The Hall–Kier alpha value is -3.72. The minimum Gasteiger partial charge on any atom is -0.492 e. The first kappa shape index (κ1) is 23.7. The summed E-state index contributed by atoms with van der Waals surface area (Å²) in [5.74, 6) is 3.55. The molecule has 1 N–H and O–H groups in total. The molecular formula is C28H32N6O3. The van der Waals surface area contributed by atoms with Gasteiger partial charge in [-0.2, -0.15) is 0 Å². The summed E-state index contributed by atoms with van der Waals surface area (Å²) in [6.07, 6.45) is 4.08. The summed E-state index contributed by atoms with van der Waals surface area (Å²) in [5.41, 5.74) is 4.70. The molecular weight excluding hydrogens is 468 g/mol. The summed E-state index contributed by atoms with van der Waals surface area (Å²) >= 11 is 0. The topological polar surface area (TPSA) is 98.4 Å². The van der Waals surface area contributed by atoms with Crippen molar-refractivity contribution in [3.63, 3.8) is 0 Å². The number of hydrogen-bond donors (Lipinski definition) is 1. The lowest BCUT2D eigenvalue weighted by atomic mass is 9.73. The highest BCUT2D eigenvalue weighted by atomic mass is 16.5. The standard InChI is InChI=1S/C28H32N6O3/c1-5-36-23-13-20(24-18(3)37-19(4)31-24)6-7-22(23)32-27-29-14-21-12-17(2)30-26(25(21)33-27)34-15-28(16-34)8-10-35-11-9-28/h6-7,12-14H,5,8-11,15-16H2,1-4H3,(H,29,32,33).